The molecule has 8 heteroatoms. The number of Topliss-reactive ketones (excluding diaryl/α,β-unsaturated/α-hetero) is 1. The minimum atomic E-state index is -3.83. The second kappa shape index (κ2) is 6.36. The van der Waals surface area contributed by atoms with Crippen LogP contribution in [0, 0.1) is 0 Å². The molecule has 20 heavy (non-hydrogen) atoms. The Morgan fingerprint density at radius 3 is 2.35 bits per heavy atom. The lowest BCUT2D eigenvalue weighted by atomic mass is 10.2. The smallest absolute Gasteiger partial charge is 0.321 e. The molecule has 0 aliphatic heterocycles. The predicted molar refractivity (Wildman–Crippen MR) is 80.8 cm³/mol. The zero-order valence-electron chi connectivity index (χ0n) is 11.3. The van der Waals surface area contributed by atoms with Gasteiger partial charge in [0.25, 0.3) is 0 Å². The van der Waals surface area contributed by atoms with Crippen molar-refractivity contribution in [1.82, 2.24) is 0 Å². The number of halogens is 1. The summed E-state index contributed by atoms with van der Waals surface area (Å²) in [6.45, 7) is 4.93. The molecule has 0 unspecified atom stereocenters. The van der Waals surface area contributed by atoms with Crippen LogP contribution in [0.25, 0.3) is 0 Å². The maximum Gasteiger partial charge on any atom is 0.321 e. The molecular formula is C12H15BrO5S2. The molecule has 1 aromatic rings. The number of thiophene rings is 1. The number of hydrogen-bond acceptors (Lipinski definition) is 6. The number of esters is 1. The molecule has 0 radical (unpaired) electrons. The fourth-order valence-corrected chi connectivity index (χ4v) is 4.05. The number of hydrogen-bond donors (Lipinski definition) is 0. The highest BCUT2D eigenvalue weighted by atomic mass is 79.9. The van der Waals surface area contributed by atoms with E-state index in [1.165, 1.54) is 0 Å². The van der Waals surface area contributed by atoms with Crippen LogP contribution in [0.1, 0.15) is 30.4 Å². The van der Waals surface area contributed by atoms with Gasteiger partial charge in [-0.3, -0.25) is 9.59 Å². The average Bonchev–Trinajstić information content (AvgIpc) is 2.58. The van der Waals surface area contributed by atoms with Crippen LogP contribution in [0.15, 0.2) is 15.9 Å². The van der Waals surface area contributed by atoms with E-state index < -0.39 is 38.7 Å². The SMILES string of the molecule is CC(C)(C)OC(=O)CS(=O)(=O)CC(=O)c1sccc1Br. The van der Waals surface area contributed by atoms with E-state index in [1.807, 2.05) is 0 Å². The molecule has 112 valence electrons. The monoisotopic (exact) mass is 382 g/mol. The van der Waals surface area contributed by atoms with Crippen molar-refractivity contribution >= 4 is 48.9 Å². The summed E-state index contributed by atoms with van der Waals surface area (Å²) in [4.78, 5) is 23.7. The molecule has 0 saturated carbocycles. The molecule has 0 aliphatic rings. The summed E-state index contributed by atoms with van der Waals surface area (Å²) in [7, 11) is -3.83. The van der Waals surface area contributed by atoms with Gasteiger partial charge in [0.15, 0.2) is 15.6 Å². The number of ketones is 1. The average molecular weight is 383 g/mol. The maximum absolute atomic E-state index is 11.9. The Labute approximate surface area is 130 Å². The zero-order chi connectivity index (χ0) is 15.6. The third-order valence-corrected chi connectivity index (χ3v) is 5.24. The molecule has 1 heterocycles. The molecule has 0 bridgehead atoms. The quantitative estimate of drug-likeness (QED) is 0.577. The van der Waals surface area contributed by atoms with Crippen LogP contribution in [0.3, 0.4) is 0 Å². The van der Waals surface area contributed by atoms with Crippen LogP contribution in [-0.4, -0.2) is 37.3 Å². The molecule has 5 nitrogen and oxygen atoms in total. The van der Waals surface area contributed by atoms with E-state index >= 15 is 0 Å². The fraction of sp³-hybridized carbons (Fsp3) is 0.500. The predicted octanol–water partition coefficient (Wildman–Crippen LogP) is 2.45. The van der Waals surface area contributed by atoms with Gasteiger partial charge in [-0.1, -0.05) is 0 Å². The Kier molecular flexibility index (Phi) is 5.51. The molecule has 1 aromatic heterocycles. The van der Waals surface area contributed by atoms with E-state index in [-0.39, 0.29) is 0 Å². The second-order valence-corrected chi connectivity index (χ2v) is 8.97. The van der Waals surface area contributed by atoms with Gasteiger partial charge in [0, 0.05) is 4.47 Å². The highest BCUT2D eigenvalue weighted by molar-refractivity contribution is 9.10. The molecule has 0 aromatic carbocycles. The fourth-order valence-electron chi connectivity index (χ4n) is 1.36. The Balaban J connectivity index is 2.69. The normalized spacial score (nSPS) is 12.2. The lowest BCUT2D eigenvalue weighted by Crippen LogP contribution is -2.30. The summed E-state index contributed by atoms with van der Waals surface area (Å²) in [5, 5.41) is 1.68. The summed E-state index contributed by atoms with van der Waals surface area (Å²) in [6.07, 6.45) is 0. The number of rotatable bonds is 5. The topological polar surface area (TPSA) is 77.5 Å². The van der Waals surface area contributed by atoms with E-state index in [0.717, 1.165) is 11.3 Å². The van der Waals surface area contributed by atoms with Crippen LogP contribution < -0.4 is 0 Å². The van der Waals surface area contributed by atoms with Crippen LogP contribution in [0.2, 0.25) is 0 Å². The Bertz CT molecular complexity index is 610. The van der Waals surface area contributed by atoms with E-state index in [0.29, 0.717) is 9.35 Å². The van der Waals surface area contributed by atoms with Crippen LogP contribution >= 0.6 is 27.3 Å². The van der Waals surface area contributed by atoms with Crippen LogP contribution in [0.5, 0.6) is 0 Å². The molecule has 0 amide bonds. The van der Waals surface area contributed by atoms with Crippen LogP contribution in [-0.2, 0) is 19.4 Å². The molecule has 0 atom stereocenters. The van der Waals surface area contributed by atoms with Crippen molar-refractivity contribution in [2.45, 2.75) is 26.4 Å². The highest BCUT2D eigenvalue weighted by Gasteiger charge is 2.26. The van der Waals surface area contributed by atoms with Gasteiger partial charge in [0.1, 0.15) is 17.1 Å². The molecule has 0 aliphatic carbocycles. The molecular weight excluding hydrogens is 368 g/mol. The molecule has 0 N–H and O–H groups in total. The third-order valence-electron chi connectivity index (χ3n) is 1.98. The lowest BCUT2D eigenvalue weighted by Gasteiger charge is -2.19. The van der Waals surface area contributed by atoms with Gasteiger partial charge in [-0.15, -0.1) is 11.3 Å². The number of ether oxygens (including phenoxy) is 1. The van der Waals surface area contributed by atoms with Gasteiger partial charge in [0.2, 0.25) is 0 Å². The summed E-state index contributed by atoms with van der Waals surface area (Å²) < 4.78 is 29.1. The summed E-state index contributed by atoms with van der Waals surface area (Å²) in [6, 6.07) is 1.67. The van der Waals surface area contributed by atoms with Crippen LogP contribution in [0.4, 0.5) is 0 Å². The minimum Gasteiger partial charge on any atom is -0.459 e. The van der Waals surface area contributed by atoms with Gasteiger partial charge in [-0.05, 0) is 48.1 Å². The third kappa shape index (κ3) is 5.72. The lowest BCUT2D eigenvalue weighted by molar-refractivity contribution is -0.151. The molecule has 0 fully saturated rings. The Morgan fingerprint density at radius 2 is 1.90 bits per heavy atom. The van der Waals surface area contributed by atoms with Gasteiger partial charge in [-0.2, -0.15) is 0 Å². The summed E-state index contributed by atoms with van der Waals surface area (Å²) in [5.74, 6) is -2.88. The largest absolute Gasteiger partial charge is 0.459 e. The standard InChI is InChI=1S/C12H15BrO5S2/c1-12(2,3)18-10(15)7-20(16,17)6-9(14)11-8(13)4-5-19-11/h4-5H,6-7H2,1-3H3. The first-order valence-electron chi connectivity index (χ1n) is 5.69. The van der Waals surface area contributed by atoms with E-state index in [1.54, 1.807) is 32.2 Å². The van der Waals surface area contributed by atoms with Crippen molar-refractivity contribution in [2.75, 3.05) is 11.5 Å². The van der Waals surface area contributed by atoms with Crippen molar-refractivity contribution in [3.8, 4) is 0 Å². The number of carbonyl (C=O) groups is 2. The summed E-state index contributed by atoms with van der Waals surface area (Å²) in [5.41, 5.74) is -0.757. The maximum atomic E-state index is 11.9. The molecule has 1 rings (SSSR count). The highest BCUT2D eigenvalue weighted by Crippen LogP contribution is 2.23. The number of sulfone groups is 1. The van der Waals surface area contributed by atoms with Gasteiger partial charge in [-0.25, -0.2) is 8.42 Å². The summed E-state index contributed by atoms with van der Waals surface area (Å²) >= 11 is 4.32. The van der Waals surface area contributed by atoms with Crippen molar-refractivity contribution in [3.63, 3.8) is 0 Å². The van der Waals surface area contributed by atoms with Crippen molar-refractivity contribution in [3.05, 3.63) is 20.8 Å². The molecule has 0 saturated heterocycles. The van der Waals surface area contributed by atoms with Crippen molar-refractivity contribution < 1.29 is 22.7 Å². The van der Waals surface area contributed by atoms with Crippen molar-refractivity contribution in [1.29, 1.82) is 0 Å². The van der Waals surface area contributed by atoms with Gasteiger partial charge < -0.3 is 4.74 Å². The Hall–Kier alpha value is -0.730. The first-order chi connectivity index (χ1) is 9.00. The van der Waals surface area contributed by atoms with Crippen molar-refractivity contribution in [2.24, 2.45) is 0 Å². The van der Waals surface area contributed by atoms with E-state index in [4.69, 9.17) is 4.74 Å². The van der Waals surface area contributed by atoms with Gasteiger partial charge >= 0.3 is 5.97 Å². The second-order valence-electron chi connectivity index (χ2n) is 5.14. The number of carbonyl (C=O) groups excluding carboxylic acids is 2. The zero-order valence-corrected chi connectivity index (χ0v) is 14.5. The van der Waals surface area contributed by atoms with E-state index in [9.17, 15) is 18.0 Å². The van der Waals surface area contributed by atoms with E-state index in [2.05, 4.69) is 15.9 Å². The minimum absolute atomic E-state index is 0.331. The molecule has 0 spiro atoms. The first-order valence-corrected chi connectivity index (χ1v) is 9.18. The van der Waals surface area contributed by atoms with Gasteiger partial charge in [0.05, 0.1) is 4.88 Å². The Morgan fingerprint density at radius 1 is 1.30 bits per heavy atom. The first kappa shape index (κ1) is 17.3.